The number of rotatable bonds is 4. The number of aryl methyl sites for hydroxylation is 1. The highest BCUT2D eigenvalue weighted by Gasteiger charge is 2.25. The molecule has 1 aromatic carbocycles. The van der Waals surface area contributed by atoms with Crippen molar-refractivity contribution in [3.63, 3.8) is 0 Å². The highest BCUT2D eigenvalue weighted by molar-refractivity contribution is 7.98. The number of hydrogen-bond donors (Lipinski definition) is 1. The molecular formula is C19H18N4O3S. The van der Waals surface area contributed by atoms with Gasteiger partial charge in [0.25, 0.3) is 11.5 Å². The van der Waals surface area contributed by atoms with E-state index in [0.29, 0.717) is 11.6 Å². The minimum absolute atomic E-state index is 0.341. The van der Waals surface area contributed by atoms with E-state index in [-0.39, 0.29) is 11.5 Å². The van der Waals surface area contributed by atoms with Crippen LogP contribution in [0.4, 0.5) is 5.88 Å². The molecule has 1 N–H and O–H groups in total. The summed E-state index contributed by atoms with van der Waals surface area (Å²) in [4.78, 5) is 24.9. The quantitative estimate of drug-likeness (QED) is 0.745. The van der Waals surface area contributed by atoms with Gasteiger partial charge in [-0.05, 0) is 19.9 Å². The van der Waals surface area contributed by atoms with E-state index < -0.39 is 6.04 Å². The summed E-state index contributed by atoms with van der Waals surface area (Å²) in [6.45, 7) is 3.64. The zero-order valence-electron chi connectivity index (χ0n) is 14.9. The van der Waals surface area contributed by atoms with Crippen molar-refractivity contribution < 1.29 is 9.32 Å². The minimum Gasteiger partial charge on any atom is -0.338 e. The highest BCUT2D eigenvalue weighted by Crippen LogP contribution is 2.34. The molecule has 1 amide bonds. The zero-order chi connectivity index (χ0) is 19.0. The van der Waals surface area contributed by atoms with E-state index in [1.54, 1.807) is 24.8 Å². The van der Waals surface area contributed by atoms with Crippen LogP contribution >= 0.6 is 11.8 Å². The van der Waals surface area contributed by atoms with E-state index in [1.807, 2.05) is 31.2 Å². The number of benzene rings is 1. The van der Waals surface area contributed by atoms with Gasteiger partial charge >= 0.3 is 0 Å². The lowest BCUT2D eigenvalue weighted by Gasteiger charge is -2.14. The summed E-state index contributed by atoms with van der Waals surface area (Å²) >= 11 is 1.72. The number of anilines is 1. The first-order valence-corrected chi connectivity index (χ1v) is 9.71. The third kappa shape index (κ3) is 3.40. The van der Waals surface area contributed by atoms with Gasteiger partial charge in [-0.3, -0.25) is 14.9 Å². The molecule has 0 aliphatic carbocycles. The van der Waals surface area contributed by atoms with E-state index in [4.69, 9.17) is 4.52 Å². The Labute approximate surface area is 159 Å². The number of carbonyl (C=O) groups excluding carboxylic acids is 1. The lowest BCUT2D eigenvalue weighted by Crippen LogP contribution is -2.33. The molecule has 27 heavy (non-hydrogen) atoms. The molecule has 1 atom stereocenters. The Morgan fingerprint density at radius 3 is 2.78 bits per heavy atom. The summed E-state index contributed by atoms with van der Waals surface area (Å²) < 4.78 is 6.42. The number of carbonyl (C=O) groups is 1. The lowest BCUT2D eigenvalue weighted by molar-refractivity contribution is -0.119. The molecule has 138 valence electrons. The molecule has 0 fully saturated rings. The fraction of sp³-hybridized carbons (Fsp3) is 0.263. The summed E-state index contributed by atoms with van der Waals surface area (Å²) in [6.07, 6.45) is 0. The highest BCUT2D eigenvalue weighted by atomic mass is 32.2. The number of amides is 1. The fourth-order valence-corrected chi connectivity index (χ4v) is 3.88. The summed E-state index contributed by atoms with van der Waals surface area (Å²) in [5.74, 6) is 1.52. The summed E-state index contributed by atoms with van der Waals surface area (Å²) in [5.41, 5.74) is 4.08. The van der Waals surface area contributed by atoms with Crippen LogP contribution in [0.1, 0.15) is 29.8 Å². The van der Waals surface area contributed by atoms with Gasteiger partial charge < -0.3 is 4.52 Å². The second-order valence-electron chi connectivity index (χ2n) is 6.46. The van der Waals surface area contributed by atoms with Crippen LogP contribution in [0, 0.1) is 6.92 Å². The Balaban J connectivity index is 1.59. The molecule has 1 aliphatic rings. The molecule has 3 aromatic rings. The third-order valence-corrected chi connectivity index (χ3v) is 5.48. The van der Waals surface area contributed by atoms with E-state index in [0.717, 1.165) is 33.9 Å². The van der Waals surface area contributed by atoms with Crippen LogP contribution in [0.25, 0.3) is 11.3 Å². The average molecular weight is 382 g/mol. The third-order valence-electron chi connectivity index (χ3n) is 4.51. The average Bonchev–Trinajstić information content (AvgIpc) is 3.27. The zero-order valence-corrected chi connectivity index (χ0v) is 15.7. The molecule has 0 radical (unpaired) electrons. The Hall–Kier alpha value is -2.87. The second-order valence-corrected chi connectivity index (χ2v) is 7.45. The van der Waals surface area contributed by atoms with Crippen molar-refractivity contribution in [2.75, 3.05) is 5.32 Å². The van der Waals surface area contributed by atoms with Gasteiger partial charge in [-0.2, -0.15) is 16.9 Å². The summed E-state index contributed by atoms with van der Waals surface area (Å²) in [7, 11) is 0. The largest absolute Gasteiger partial charge is 0.338 e. The smallest absolute Gasteiger partial charge is 0.267 e. The predicted molar refractivity (Wildman–Crippen MR) is 104 cm³/mol. The number of thioether (sulfide) groups is 1. The summed E-state index contributed by atoms with van der Waals surface area (Å²) in [5, 5.41) is 11.1. The summed E-state index contributed by atoms with van der Waals surface area (Å²) in [6, 6.07) is 10.1. The van der Waals surface area contributed by atoms with Gasteiger partial charge in [0, 0.05) is 23.1 Å². The molecule has 4 rings (SSSR count). The van der Waals surface area contributed by atoms with Crippen LogP contribution < -0.4 is 10.9 Å². The monoisotopic (exact) mass is 382 g/mol. The molecule has 8 heteroatoms. The molecule has 0 saturated heterocycles. The van der Waals surface area contributed by atoms with E-state index in [2.05, 4.69) is 15.6 Å². The maximum absolute atomic E-state index is 12.6. The van der Waals surface area contributed by atoms with Gasteiger partial charge in [-0.15, -0.1) is 0 Å². The Morgan fingerprint density at radius 1 is 1.22 bits per heavy atom. The number of hydrogen-bond acceptors (Lipinski definition) is 6. The molecule has 0 saturated carbocycles. The topological polar surface area (TPSA) is 90.0 Å². The van der Waals surface area contributed by atoms with Gasteiger partial charge in [0.05, 0.1) is 17.0 Å². The van der Waals surface area contributed by atoms with Crippen LogP contribution in [-0.4, -0.2) is 20.8 Å². The fourth-order valence-electron chi connectivity index (χ4n) is 2.86. The van der Waals surface area contributed by atoms with Gasteiger partial charge in [0.2, 0.25) is 5.88 Å². The molecule has 1 unspecified atom stereocenters. The van der Waals surface area contributed by atoms with Gasteiger partial charge in [0.15, 0.2) is 0 Å². The first-order chi connectivity index (χ1) is 13.0. The second kappa shape index (κ2) is 7.03. The maximum atomic E-state index is 12.6. The minimum atomic E-state index is -0.794. The van der Waals surface area contributed by atoms with Crippen molar-refractivity contribution in [1.29, 1.82) is 0 Å². The van der Waals surface area contributed by atoms with Gasteiger partial charge in [-0.1, -0.05) is 35.0 Å². The molecule has 0 spiro atoms. The van der Waals surface area contributed by atoms with Crippen LogP contribution in [-0.2, 0) is 16.3 Å². The Morgan fingerprint density at radius 2 is 2.00 bits per heavy atom. The van der Waals surface area contributed by atoms with Crippen LogP contribution in [0.5, 0.6) is 0 Å². The van der Waals surface area contributed by atoms with Crippen LogP contribution in [0.3, 0.4) is 0 Å². The SMILES string of the molecule is Cc1ccc(-c2ccc(=O)n(C(C)C(=O)Nc3onc4c3CSC4)n2)cc1. The molecule has 3 heterocycles. The molecule has 1 aliphatic heterocycles. The number of fused-ring (bicyclic) bond motifs is 1. The van der Waals surface area contributed by atoms with Crippen molar-refractivity contribution in [2.45, 2.75) is 31.4 Å². The standard InChI is InChI=1S/C19H18N4O3S/c1-11-3-5-13(6-4-11)15-7-8-17(24)23(21-15)12(2)18(25)20-19-14-9-27-10-16(14)22-26-19/h3-8,12H,9-10H2,1-2H3,(H,20,25). The van der Waals surface area contributed by atoms with Gasteiger partial charge in [0.1, 0.15) is 6.04 Å². The lowest BCUT2D eigenvalue weighted by atomic mass is 10.1. The first-order valence-electron chi connectivity index (χ1n) is 8.56. The number of nitrogens with one attached hydrogen (secondary N) is 1. The van der Waals surface area contributed by atoms with Crippen molar-refractivity contribution in [1.82, 2.24) is 14.9 Å². The predicted octanol–water partition coefficient (Wildman–Crippen LogP) is 3.15. The number of nitrogens with zero attached hydrogens (tertiary/aromatic N) is 3. The van der Waals surface area contributed by atoms with Crippen LogP contribution in [0.15, 0.2) is 45.7 Å². The Kier molecular flexibility index (Phi) is 4.57. The van der Waals surface area contributed by atoms with Gasteiger partial charge in [-0.25, -0.2) is 4.68 Å². The normalized spacial score (nSPS) is 14.0. The van der Waals surface area contributed by atoms with E-state index in [1.165, 1.54) is 10.7 Å². The van der Waals surface area contributed by atoms with E-state index >= 15 is 0 Å². The molecular weight excluding hydrogens is 364 g/mol. The molecule has 2 aromatic heterocycles. The van der Waals surface area contributed by atoms with Crippen molar-refractivity contribution >= 4 is 23.6 Å². The van der Waals surface area contributed by atoms with Crippen molar-refractivity contribution in [2.24, 2.45) is 0 Å². The molecule has 7 nitrogen and oxygen atoms in total. The molecule has 0 bridgehead atoms. The number of aromatic nitrogens is 3. The van der Waals surface area contributed by atoms with Crippen LogP contribution in [0.2, 0.25) is 0 Å². The van der Waals surface area contributed by atoms with Crippen molar-refractivity contribution in [3.8, 4) is 11.3 Å². The van der Waals surface area contributed by atoms with E-state index in [9.17, 15) is 9.59 Å². The van der Waals surface area contributed by atoms with Crippen molar-refractivity contribution in [3.05, 3.63) is 63.6 Å². The first kappa shape index (κ1) is 17.5. The maximum Gasteiger partial charge on any atom is 0.267 e. The Bertz CT molecular complexity index is 1060.